The summed E-state index contributed by atoms with van der Waals surface area (Å²) in [6, 6.07) is 8.30. The summed E-state index contributed by atoms with van der Waals surface area (Å²) in [5.74, 6) is 1.87. The molecule has 1 aliphatic heterocycles. The summed E-state index contributed by atoms with van der Waals surface area (Å²) in [4.78, 5) is 16.0. The van der Waals surface area contributed by atoms with E-state index in [1.807, 2.05) is 24.3 Å². The molecule has 3 rings (SSSR count). The van der Waals surface area contributed by atoms with Crippen molar-refractivity contribution in [1.82, 2.24) is 9.80 Å². The topological polar surface area (TPSA) is 32.8 Å². The molecule has 2 atom stereocenters. The number of likely N-dealkylation sites (tertiary alicyclic amines) is 1. The number of piperidine rings is 1. The minimum absolute atomic E-state index is 0. The third-order valence-electron chi connectivity index (χ3n) is 4.51. The molecular formula is C17H25ClN2O2. The van der Waals surface area contributed by atoms with Gasteiger partial charge in [0.15, 0.2) is 0 Å². The van der Waals surface area contributed by atoms with Crippen LogP contribution in [-0.4, -0.2) is 55.5 Å². The normalized spacial score (nSPS) is 22.6. The molecule has 122 valence electrons. The van der Waals surface area contributed by atoms with Gasteiger partial charge < -0.3 is 9.64 Å². The quantitative estimate of drug-likeness (QED) is 0.754. The Morgan fingerprint density at radius 1 is 1.32 bits per heavy atom. The van der Waals surface area contributed by atoms with E-state index < -0.39 is 0 Å². The van der Waals surface area contributed by atoms with E-state index in [0.29, 0.717) is 5.56 Å². The Kier molecular flexibility index (Phi) is 5.70. The Bertz CT molecular complexity index is 504. The second-order valence-corrected chi connectivity index (χ2v) is 6.31. The van der Waals surface area contributed by atoms with Gasteiger partial charge in [0.05, 0.1) is 6.61 Å². The molecule has 1 aromatic carbocycles. The first-order chi connectivity index (χ1) is 10.1. The van der Waals surface area contributed by atoms with E-state index in [1.165, 1.54) is 19.4 Å². The van der Waals surface area contributed by atoms with Crippen LogP contribution in [0.1, 0.15) is 29.6 Å². The number of amides is 1. The predicted molar refractivity (Wildman–Crippen MR) is 89.9 cm³/mol. The number of nitrogens with zero attached hydrogens (tertiary/aromatic N) is 2. The maximum Gasteiger partial charge on any atom is 0.253 e. The van der Waals surface area contributed by atoms with Crippen LogP contribution in [0.5, 0.6) is 5.75 Å². The van der Waals surface area contributed by atoms with E-state index in [9.17, 15) is 4.79 Å². The van der Waals surface area contributed by atoms with Gasteiger partial charge in [-0.05, 0) is 56.0 Å². The van der Waals surface area contributed by atoms with Gasteiger partial charge in [-0.1, -0.05) is 0 Å². The van der Waals surface area contributed by atoms with Crippen molar-refractivity contribution in [2.75, 3.05) is 33.8 Å². The smallest absolute Gasteiger partial charge is 0.253 e. The minimum atomic E-state index is 0. The lowest BCUT2D eigenvalue weighted by atomic mass is 10.2. The zero-order valence-electron chi connectivity index (χ0n) is 13.3. The fourth-order valence-corrected chi connectivity index (χ4v) is 3.17. The van der Waals surface area contributed by atoms with E-state index in [-0.39, 0.29) is 18.3 Å². The molecule has 1 saturated carbocycles. The first kappa shape index (κ1) is 17.1. The molecule has 2 aliphatic rings. The summed E-state index contributed by atoms with van der Waals surface area (Å²) in [5, 5.41) is 0. The summed E-state index contributed by atoms with van der Waals surface area (Å²) < 4.78 is 5.76. The van der Waals surface area contributed by atoms with Crippen LogP contribution in [0, 0.1) is 5.92 Å². The molecule has 1 aliphatic carbocycles. The molecule has 5 heteroatoms. The molecule has 0 bridgehead atoms. The molecule has 0 unspecified atom stereocenters. The zero-order valence-corrected chi connectivity index (χ0v) is 14.1. The summed E-state index contributed by atoms with van der Waals surface area (Å²) in [5.41, 5.74) is 0.698. The highest BCUT2D eigenvalue weighted by atomic mass is 35.5. The van der Waals surface area contributed by atoms with Crippen LogP contribution < -0.4 is 4.74 Å². The number of hydrogen-bond donors (Lipinski definition) is 0. The molecule has 1 aromatic rings. The van der Waals surface area contributed by atoms with E-state index in [1.54, 1.807) is 19.0 Å². The lowest BCUT2D eigenvalue weighted by Crippen LogP contribution is -2.25. The molecule has 0 aromatic heterocycles. The Balaban J connectivity index is 0.00000176. The standard InChI is InChI=1S/C17H24N2O2.ClH/c1-18(2)17(20)13-4-6-15(7-5-13)21-11-3-9-19-10-8-14-12-16(14)19;/h4-7,14,16H,3,8-12H2,1-2H3;1H/t14-,16+;/m1./s1. The van der Waals surface area contributed by atoms with Gasteiger partial charge in [-0.2, -0.15) is 0 Å². The number of carbonyl (C=O) groups is 1. The van der Waals surface area contributed by atoms with Gasteiger partial charge >= 0.3 is 0 Å². The van der Waals surface area contributed by atoms with Crippen molar-refractivity contribution < 1.29 is 9.53 Å². The molecular weight excluding hydrogens is 300 g/mol. The number of fused-ring (bicyclic) bond motifs is 1. The lowest BCUT2D eigenvalue weighted by molar-refractivity contribution is 0.0827. The third kappa shape index (κ3) is 3.93. The fourth-order valence-electron chi connectivity index (χ4n) is 3.17. The number of halogens is 1. The van der Waals surface area contributed by atoms with E-state index in [2.05, 4.69) is 4.90 Å². The van der Waals surface area contributed by atoms with Gasteiger partial charge in [0, 0.05) is 32.2 Å². The van der Waals surface area contributed by atoms with Crippen molar-refractivity contribution in [1.29, 1.82) is 0 Å². The molecule has 22 heavy (non-hydrogen) atoms. The Morgan fingerprint density at radius 3 is 2.59 bits per heavy atom. The second-order valence-electron chi connectivity index (χ2n) is 6.31. The van der Waals surface area contributed by atoms with Gasteiger partial charge in [-0.25, -0.2) is 0 Å². The van der Waals surface area contributed by atoms with Crippen molar-refractivity contribution in [3.8, 4) is 5.75 Å². The van der Waals surface area contributed by atoms with Crippen molar-refractivity contribution in [3.05, 3.63) is 29.8 Å². The zero-order chi connectivity index (χ0) is 14.8. The van der Waals surface area contributed by atoms with E-state index >= 15 is 0 Å². The summed E-state index contributed by atoms with van der Waals surface area (Å²) in [7, 11) is 3.52. The number of benzene rings is 1. The Hall–Kier alpha value is -1.26. The average molecular weight is 325 g/mol. The predicted octanol–water partition coefficient (Wildman–Crippen LogP) is 2.67. The van der Waals surface area contributed by atoms with Crippen LogP contribution in [0.3, 0.4) is 0 Å². The Morgan fingerprint density at radius 2 is 2.05 bits per heavy atom. The molecule has 4 nitrogen and oxygen atoms in total. The minimum Gasteiger partial charge on any atom is -0.494 e. The van der Waals surface area contributed by atoms with Crippen molar-refractivity contribution >= 4 is 18.3 Å². The molecule has 1 amide bonds. The van der Waals surface area contributed by atoms with Crippen molar-refractivity contribution in [2.45, 2.75) is 25.3 Å². The largest absolute Gasteiger partial charge is 0.494 e. The third-order valence-corrected chi connectivity index (χ3v) is 4.51. The van der Waals surface area contributed by atoms with Crippen molar-refractivity contribution in [3.63, 3.8) is 0 Å². The van der Waals surface area contributed by atoms with Gasteiger partial charge in [0.2, 0.25) is 0 Å². The van der Waals surface area contributed by atoms with Crippen LogP contribution >= 0.6 is 12.4 Å². The summed E-state index contributed by atoms with van der Waals surface area (Å²) in [6.07, 6.45) is 3.89. The van der Waals surface area contributed by atoms with Crippen molar-refractivity contribution in [2.24, 2.45) is 5.92 Å². The monoisotopic (exact) mass is 324 g/mol. The molecule has 0 N–H and O–H groups in total. The number of rotatable bonds is 6. The highest BCUT2D eigenvalue weighted by molar-refractivity contribution is 5.93. The molecule has 0 radical (unpaired) electrons. The molecule has 0 spiro atoms. The van der Waals surface area contributed by atoms with Crippen LogP contribution in [-0.2, 0) is 0 Å². The highest BCUT2D eigenvalue weighted by Crippen LogP contribution is 2.44. The number of hydrogen-bond acceptors (Lipinski definition) is 3. The van der Waals surface area contributed by atoms with Gasteiger partial charge in [-0.3, -0.25) is 9.69 Å². The highest BCUT2D eigenvalue weighted by Gasteiger charge is 2.46. The van der Waals surface area contributed by atoms with Crippen LogP contribution in [0.25, 0.3) is 0 Å². The van der Waals surface area contributed by atoms with Crippen LogP contribution in [0.4, 0.5) is 0 Å². The molecule has 1 heterocycles. The molecule has 1 saturated heterocycles. The number of carbonyl (C=O) groups excluding carboxylic acids is 1. The van der Waals surface area contributed by atoms with E-state index in [0.717, 1.165) is 37.3 Å². The lowest BCUT2D eigenvalue weighted by Gasteiger charge is -2.17. The first-order valence-corrected chi connectivity index (χ1v) is 7.84. The van der Waals surface area contributed by atoms with E-state index in [4.69, 9.17) is 4.74 Å². The van der Waals surface area contributed by atoms with Crippen LogP contribution in [0.2, 0.25) is 0 Å². The SMILES string of the molecule is CN(C)C(=O)c1ccc(OCCCN2CC[C@@H]3C[C@@H]32)cc1.Cl. The average Bonchev–Trinajstić information content (AvgIpc) is 3.17. The molecule has 2 fully saturated rings. The Labute approximate surface area is 138 Å². The van der Waals surface area contributed by atoms with Gasteiger partial charge in [0.1, 0.15) is 5.75 Å². The fraction of sp³-hybridized carbons (Fsp3) is 0.588. The maximum atomic E-state index is 11.8. The maximum absolute atomic E-state index is 11.8. The summed E-state index contributed by atoms with van der Waals surface area (Å²) in [6.45, 7) is 3.17. The van der Waals surface area contributed by atoms with Crippen LogP contribution in [0.15, 0.2) is 24.3 Å². The van der Waals surface area contributed by atoms with Gasteiger partial charge in [-0.15, -0.1) is 12.4 Å². The van der Waals surface area contributed by atoms with Gasteiger partial charge in [0.25, 0.3) is 5.91 Å². The second kappa shape index (κ2) is 7.34. The number of ether oxygens (including phenoxy) is 1. The summed E-state index contributed by atoms with van der Waals surface area (Å²) >= 11 is 0. The first-order valence-electron chi connectivity index (χ1n) is 7.84.